The highest BCUT2D eigenvalue weighted by Crippen LogP contribution is 2.40. The van der Waals surface area contributed by atoms with Crippen molar-refractivity contribution < 1.29 is 17.9 Å². The van der Waals surface area contributed by atoms with Gasteiger partial charge in [0.15, 0.2) is 5.96 Å². The number of nitrogens with two attached hydrogens (primary N) is 1. The number of rotatable bonds is 13. The van der Waals surface area contributed by atoms with Crippen molar-refractivity contribution in [2.24, 2.45) is 11.7 Å². The van der Waals surface area contributed by atoms with E-state index in [1.807, 2.05) is 77.7 Å². The maximum Gasteiger partial charge on any atom is 0.241 e. The van der Waals surface area contributed by atoms with Crippen molar-refractivity contribution in [3.8, 4) is 34.0 Å². The molecule has 3 heterocycles. The number of likely N-dealkylation sites (tertiary alicyclic amines) is 1. The molecule has 7 rings (SSSR count). The number of benzene rings is 4. The van der Waals surface area contributed by atoms with Gasteiger partial charge in [-0.15, -0.1) is 10.2 Å². The molecule has 0 saturated carbocycles. The first-order valence-electron chi connectivity index (χ1n) is 17.8. The van der Waals surface area contributed by atoms with Crippen molar-refractivity contribution in [2.75, 3.05) is 40.4 Å². The molecule has 5 N–H and O–H groups in total. The van der Waals surface area contributed by atoms with Crippen molar-refractivity contribution in [3.05, 3.63) is 107 Å². The maximum atomic E-state index is 14.8. The Labute approximate surface area is 310 Å². The number of sulfonamides is 1. The lowest BCUT2D eigenvalue weighted by Gasteiger charge is -2.32. The monoisotopic (exact) mass is 735 g/mol. The zero-order chi connectivity index (χ0) is 37.0. The van der Waals surface area contributed by atoms with Gasteiger partial charge in [-0.3, -0.25) is 5.41 Å². The molecule has 13 nitrogen and oxygen atoms in total. The van der Waals surface area contributed by atoms with Gasteiger partial charge in [0, 0.05) is 38.6 Å². The van der Waals surface area contributed by atoms with Crippen LogP contribution in [-0.2, 0) is 29.5 Å². The van der Waals surface area contributed by atoms with Crippen LogP contribution < -0.4 is 25.2 Å². The number of hydrogen-bond donors (Lipinski definition) is 4. The molecule has 14 heteroatoms. The van der Waals surface area contributed by atoms with Crippen molar-refractivity contribution in [1.82, 2.24) is 35.1 Å². The molecule has 0 amide bonds. The largest absolute Gasteiger partial charge is 0.497 e. The lowest BCUT2D eigenvalue weighted by atomic mass is 9.87. The summed E-state index contributed by atoms with van der Waals surface area (Å²) >= 11 is 0. The Morgan fingerprint density at radius 2 is 1.55 bits per heavy atom. The molecular formula is C39H45N9O4S. The van der Waals surface area contributed by atoms with Gasteiger partial charge < -0.3 is 25.4 Å². The molecule has 2 fully saturated rings. The summed E-state index contributed by atoms with van der Waals surface area (Å²) in [4.78, 5) is 3.49. The quantitative estimate of drug-likeness (QED) is 0.100. The molecule has 2 saturated heterocycles. The second kappa shape index (κ2) is 15.7. The topological polar surface area (TPSA) is 173 Å². The fraction of sp³-hybridized carbons (Fsp3) is 0.333. The normalized spacial score (nSPS) is 15.2. The number of tetrazole rings is 1. The van der Waals surface area contributed by atoms with Gasteiger partial charge >= 0.3 is 0 Å². The molecule has 0 atom stereocenters. The van der Waals surface area contributed by atoms with Crippen molar-refractivity contribution in [1.29, 1.82) is 5.41 Å². The third-order valence-corrected chi connectivity index (χ3v) is 11.8. The van der Waals surface area contributed by atoms with Crippen LogP contribution in [0.15, 0.2) is 89.8 Å². The molecule has 276 valence electrons. The van der Waals surface area contributed by atoms with Gasteiger partial charge in [-0.1, -0.05) is 60.7 Å². The Balaban J connectivity index is 1.32. The fourth-order valence-corrected chi connectivity index (χ4v) is 8.47. The van der Waals surface area contributed by atoms with Crippen LogP contribution in [0.5, 0.6) is 11.5 Å². The van der Waals surface area contributed by atoms with Gasteiger partial charge in [0.1, 0.15) is 11.5 Å². The fourth-order valence-electron chi connectivity index (χ4n) is 7.00. The third kappa shape index (κ3) is 8.19. The van der Waals surface area contributed by atoms with Crippen LogP contribution >= 0.6 is 0 Å². The van der Waals surface area contributed by atoms with Crippen molar-refractivity contribution in [3.63, 3.8) is 0 Å². The van der Waals surface area contributed by atoms with E-state index in [9.17, 15) is 8.42 Å². The molecule has 2 aliphatic rings. The average molecular weight is 736 g/mol. The van der Waals surface area contributed by atoms with Gasteiger partial charge in [0.25, 0.3) is 0 Å². The number of guanidine groups is 1. The minimum Gasteiger partial charge on any atom is -0.497 e. The zero-order valence-electron chi connectivity index (χ0n) is 30.0. The van der Waals surface area contributed by atoms with E-state index in [4.69, 9.17) is 25.7 Å². The SMILES string of the molecule is COc1ccc(CNS(=O)(=O)c2c(CC3CCN(C(=N)N)CC3)ccc(-c3ccc(C4CNC4)cc3)c2-c2nnn(Cc3ccc(OC)cc3)n2)cc1. The second-order valence-electron chi connectivity index (χ2n) is 13.6. The first-order chi connectivity index (χ1) is 25.7. The lowest BCUT2D eigenvalue weighted by molar-refractivity contribution is 0.261. The molecule has 53 heavy (non-hydrogen) atoms. The molecular weight excluding hydrogens is 691 g/mol. The first kappa shape index (κ1) is 36.1. The van der Waals surface area contributed by atoms with Crippen LogP contribution in [0.25, 0.3) is 22.5 Å². The van der Waals surface area contributed by atoms with Crippen LogP contribution in [0.1, 0.15) is 41.0 Å². The number of nitrogens with zero attached hydrogens (tertiary/aromatic N) is 5. The highest BCUT2D eigenvalue weighted by atomic mass is 32.2. The minimum atomic E-state index is -4.15. The summed E-state index contributed by atoms with van der Waals surface area (Å²) in [5.74, 6) is 2.36. The number of hydrogen-bond acceptors (Lipinski definition) is 9. The molecule has 4 aromatic carbocycles. The van der Waals surface area contributed by atoms with Crippen LogP contribution in [-0.4, -0.2) is 79.9 Å². The molecule has 0 bridgehead atoms. The van der Waals surface area contributed by atoms with E-state index in [1.54, 1.807) is 14.2 Å². The summed E-state index contributed by atoms with van der Waals surface area (Å²) in [5.41, 5.74) is 11.4. The Hall–Kier alpha value is -5.31. The highest BCUT2D eigenvalue weighted by Gasteiger charge is 2.31. The summed E-state index contributed by atoms with van der Waals surface area (Å²) in [6.45, 7) is 3.58. The first-order valence-corrected chi connectivity index (χ1v) is 19.3. The summed E-state index contributed by atoms with van der Waals surface area (Å²) in [5, 5.41) is 24.9. The molecule has 0 spiro atoms. The zero-order valence-corrected chi connectivity index (χ0v) is 30.8. The Morgan fingerprint density at radius 3 is 2.13 bits per heavy atom. The Bertz CT molecular complexity index is 2140. The standard InChI is InChI=1S/C39H45N9O4S/c1-51-33-12-3-27(4-13-33)22-43-53(49,50)37-31(21-26-17-19-47(20-18-26)39(40)41)11-16-35(30-9-7-29(8-10-30)32-23-42-24-32)36(37)38-44-46-48(45-38)25-28-5-14-34(52-2)15-6-28/h3-16,26,32,42-43H,17-25H2,1-2H3,(H3,40,41). The van der Waals surface area contributed by atoms with Gasteiger partial charge in [0.2, 0.25) is 15.8 Å². The van der Waals surface area contributed by atoms with E-state index in [2.05, 4.69) is 32.5 Å². The smallest absolute Gasteiger partial charge is 0.241 e. The predicted octanol–water partition coefficient (Wildman–Crippen LogP) is 4.39. The van der Waals surface area contributed by atoms with E-state index in [0.29, 0.717) is 54.4 Å². The second-order valence-corrected chi connectivity index (χ2v) is 15.3. The van der Waals surface area contributed by atoms with Crippen molar-refractivity contribution >= 4 is 16.0 Å². The lowest BCUT2D eigenvalue weighted by Crippen LogP contribution is -2.42. The van der Waals surface area contributed by atoms with Crippen molar-refractivity contribution in [2.45, 2.75) is 43.2 Å². The van der Waals surface area contributed by atoms with Crippen LogP contribution in [0.3, 0.4) is 0 Å². The van der Waals surface area contributed by atoms with Crippen LogP contribution in [0, 0.1) is 11.3 Å². The molecule has 1 aromatic heterocycles. The summed E-state index contributed by atoms with van der Waals surface area (Å²) in [6, 6.07) is 27.2. The number of nitrogens with one attached hydrogen (secondary N) is 3. The molecule has 0 radical (unpaired) electrons. The van der Waals surface area contributed by atoms with E-state index in [1.165, 1.54) is 10.4 Å². The van der Waals surface area contributed by atoms with E-state index >= 15 is 0 Å². The average Bonchev–Trinajstić information content (AvgIpc) is 3.62. The van der Waals surface area contributed by atoms with Crippen LogP contribution in [0.4, 0.5) is 0 Å². The minimum absolute atomic E-state index is 0.0597. The molecule has 0 unspecified atom stereocenters. The molecule has 0 aliphatic carbocycles. The molecule has 5 aromatic rings. The predicted molar refractivity (Wildman–Crippen MR) is 203 cm³/mol. The van der Waals surface area contributed by atoms with Crippen LogP contribution in [0.2, 0.25) is 0 Å². The highest BCUT2D eigenvalue weighted by molar-refractivity contribution is 7.89. The van der Waals surface area contributed by atoms with Gasteiger partial charge in [-0.2, -0.15) is 4.80 Å². The number of ether oxygens (including phenoxy) is 2. The summed E-state index contributed by atoms with van der Waals surface area (Å²) in [6.07, 6.45) is 2.08. The van der Waals surface area contributed by atoms with Gasteiger partial charge in [0.05, 0.1) is 31.2 Å². The third-order valence-electron chi connectivity index (χ3n) is 10.2. The maximum absolute atomic E-state index is 14.8. The Morgan fingerprint density at radius 1 is 0.906 bits per heavy atom. The van der Waals surface area contributed by atoms with Gasteiger partial charge in [-0.05, 0) is 88.0 Å². The van der Waals surface area contributed by atoms with E-state index in [0.717, 1.165) is 48.4 Å². The summed E-state index contributed by atoms with van der Waals surface area (Å²) in [7, 11) is -0.932. The number of methoxy groups -OCH3 is 2. The summed E-state index contributed by atoms with van der Waals surface area (Å²) < 4.78 is 43.0. The Kier molecular flexibility index (Phi) is 10.7. The van der Waals surface area contributed by atoms with E-state index in [-0.39, 0.29) is 29.1 Å². The molecule has 2 aliphatic heterocycles. The van der Waals surface area contributed by atoms with Gasteiger partial charge in [-0.25, -0.2) is 13.1 Å². The number of piperidine rings is 1. The van der Waals surface area contributed by atoms with E-state index < -0.39 is 10.0 Å². The number of aromatic nitrogens is 4.